The zero-order chi connectivity index (χ0) is 16.8. The molecule has 0 atom stereocenters. The van der Waals surface area contributed by atoms with Crippen molar-refractivity contribution in [2.75, 3.05) is 33.8 Å². The molecule has 1 N–H and O–H groups in total. The van der Waals surface area contributed by atoms with Gasteiger partial charge in [0.05, 0.1) is 26.7 Å². The molecule has 1 fully saturated rings. The molecule has 0 radical (unpaired) electrons. The summed E-state index contributed by atoms with van der Waals surface area (Å²) in [6.07, 6.45) is 2.18. The first-order valence-corrected chi connectivity index (χ1v) is 8.38. The van der Waals surface area contributed by atoms with Gasteiger partial charge < -0.3 is 14.5 Å². The fourth-order valence-corrected chi connectivity index (χ4v) is 2.83. The highest BCUT2D eigenvalue weighted by Crippen LogP contribution is 2.11. The van der Waals surface area contributed by atoms with E-state index < -0.39 is 0 Å². The van der Waals surface area contributed by atoms with E-state index in [1.54, 1.807) is 4.90 Å². The second-order valence-corrected chi connectivity index (χ2v) is 6.30. The third-order valence-electron chi connectivity index (χ3n) is 4.43. The summed E-state index contributed by atoms with van der Waals surface area (Å²) in [5, 5.41) is 0. The van der Waals surface area contributed by atoms with Crippen LogP contribution in [0, 0.1) is 6.92 Å². The van der Waals surface area contributed by atoms with Crippen molar-refractivity contribution in [2.24, 2.45) is 4.99 Å². The summed E-state index contributed by atoms with van der Waals surface area (Å²) < 4.78 is 5.65. The molecule has 1 aromatic rings. The lowest BCUT2D eigenvalue weighted by Crippen LogP contribution is -3.10. The Morgan fingerprint density at radius 2 is 1.91 bits per heavy atom. The Morgan fingerprint density at radius 1 is 1.30 bits per heavy atom. The fraction of sp³-hybridized carbons (Fsp3) is 0.556. The van der Waals surface area contributed by atoms with Gasteiger partial charge in [-0.3, -0.25) is 4.79 Å². The number of amides is 1. The van der Waals surface area contributed by atoms with E-state index in [0.29, 0.717) is 24.2 Å². The van der Waals surface area contributed by atoms with Crippen molar-refractivity contribution >= 4 is 11.9 Å². The van der Waals surface area contributed by atoms with Gasteiger partial charge in [0.2, 0.25) is 0 Å². The van der Waals surface area contributed by atoms with E-state index in [2.05, 4.69) is 12.0 Å². The van der Waals surface area contributed by atoms with E-state index in [0.717, 1.165) is 31.5 Å². The van der Waals surface area contributed by atoms with E-state index in [4.69, 9.17) is 4.74 Å². The maximum atomic E-state index is 12.4. The summed E-state index contributed by atoms with van der Waals surface area (Å²) in [5.74, 6) is -0.251. The van der Waals surface area contributed by atoms with Crippen molar-refractivity contribution in [1.29, 1.82) is 0 Å². The van der Waals surface area contributed by atoms with Crippen molar-refractivity contribution in [3.63, 3.8) is 0 Å². The number of carbonyl (C=O) groups excluding carboxylic acids is 1. The van der Waals surface area contributed by atoms with E-state index in [1.807, 2.05) is 50.1 Å². The first-order chi connectivity index (χ1) is 11.0. The number of rotatable bonds is 3. The van der Waals surface area contributed by atoms with Crippen LogP contribution in [-0.2, 0) is 4.74 Å². The zero-order valence-corrected chi connectivity index (χ0v) is 14.6. The molecule has 1 heterocycles. The fourth-order valence-electron chi connectivity index (χ4n) is 2.83. The van der Waals surface area contributed by atoms with Gasteiger partial charge in [-0.05, 0) is 26.0 Å². The number of benzene rings is 1. The van der Waals surface area contributed by atoms with Gasteiger partial charge in [-0.2, -0.15) is 4.99 Å². The van der Waals surface area contributed by atoms with Crippen molar-refractivity contribution in [1.82, 2.24) is 4.90 Å². The Labute approximate surface area is 138 Å². The van der Waals surface area contributed by atoms with Gasteiger partial charge >= 0.3 is 0 Å². The topological polar surface area (TPSA) is 46.3 Å². The average molecular weight is 318 g/mol. The minimum Gasteiger partial charge on any atom is -0.465 e. The van der Waals surface area contributed by atoms with Crippen LogP contribution in [0.4, 0.5) is 0 Å². The number of nitrogens with zero attached hydrogens (tertiary/aromatic N) is 2. The molecule has 1 aromatic carbocycles. The second-order valence-electron chi connectivity index (χ2n) is 6.30. The van der Waals surface area contributed by atoms with Gasteiger partial charge in [-0.1, -0.05) is 17.7 Å². The number of carbonyl (C=O) groups is 1. The minimum atomic E-state index is -0.251. The molecule has 5 nitrogen and oxygen atoms in total. The average Bonchev–Trinajstić information content (AvgIpc) is 2.55. The van der Waals surface area contributed by atoms with E-state index in [1.165, 1.54) is 0 Å². The van der Waals surface area contributed by atoms with Crippen LogP contribution in [0.5, 0.6) is 0 Å². The number of hydrogen-bond acceptors (Lipinski definition) is 2. The van der Waals surface area contributed by atoms with Crippen LogP contribution in [0.1, 0.15) is 35.7 Å². The summed E-state index contributed by atoms with van der Waals surface area (Å²) in [5.41, 5.74) is 1.72. The lowest BCUT2D eigenvalue weighted by molar-refractivity contribution is -0.885. The van der Waals surface area contributed by atoms with Gasteiger partial charge in [0.1, 0.15) is 0 Å². The largest absolute Gasteiger partial charge is 0.465 e. The molecule has 5 heteroatoms. The number of piperidine rings is 1. The van der Waals surface area contributed by atoms with Gasteiger partial charge in [0.25, 0.3) is 11.9 Å². The molecule has 126 valence electrons. The van der Waals surface area contributed by atoms with E-state index in [9.17, 15) is 4.79 Å². The number of likely N-dealkylation sites (tertiary alicyclic amines) is 1. The number of nitrogens with one attached hydrogen (secondary N) is 1. The first kappa shape index (κ1) is 17.5. The van der Waals surface area contributed by atoms with Crippen LogP contribution in [0.2, 0.25) is 0 Å². The molecule has 2 rings (SSSR count). The predicted molar refractivity (Wildman–Crippen MR) is 92.0 cm³/mol. The minimum absolute atomic E-state index is 0.251. The molecule has 0 spiro atoms. The Kier molecular flexibility index (Phi) is 6.16. The number of amidine groups is 1. The van der Waals surface area contributed by atoms with Crippen molar-refractivity contribution in [2.45, 2.75) is 32.7 Å². The summed E-state index contributed by atoms with van der Waals surface area (Å²) in [6.45, 7) is 6.69. The Hall–Kier alpha value is -1.88. The highest BCUT2D eigenvalue weighted by atomic mass is 16.5. The maximum Gasteiger partial charge on any atom is 0.295 e. The second kappa shape index (κ2) is 8.11. The van der Waals surface area contributed by atoms with Crippen molar-refractivity contribution < 1.29 is 14.4 Å². The van der Waals surface area contributed by atoms with Gasteiger partial charge in [-0.25, -0.2) is 0 Å². The normalized spacial score (nSPS) is 21.8. The number of quaternary nitrogens is 1. The first-order valence-electron chi connectivity index (χ1n) is 8.38. The molecule has 1 amide bonds. The third-order valence-corrected chi connectivity index (χ3v) is 4.43. The van der Waals surface area contributed by atoms with Gasteiger partial charge in [0.15, 0.2) is 0 Å². The lowest BCUT2D eigenvalue weighted by atomic mass is 10.0. The van der Waals surface area contributed by atoms with E-state index >= 15 is 0 Å². The molecular formula is C18H28N3O2+. The Balaban J connectivity index is 2.12. The van der Waals surface area contributed by atoms with Gasteiger partial charge in [-0.15, -0.1) is 0 Å². The quantitative estimate of drug-likeness (QED) is 0.671. The standard InChI is InChI=1S/C18H27N3O2/c1-5-23-18(21(4)16-10-12-20(3)13-11-16)19-17(22)15-8-6-14(2)7-9-15/h6-9,16H,5,10-13H2,1-4H3/p+1. The van der Waals surface area contributed by atoms with E-state index in [-0.39, 0.29) is 5.91 Å². The van der Waals surface area contributed by atoms with Crippen LogP contribution in [0.3, 0.4) is 0 Å². The van der Waals surface area contributed by atoms with Crippen LogP contribution in [0.15, 0.2) is 29.3 Å². The summed E-state index contributed by atoms with van der Waals surface area (Å²) >= 11 is 0. The Morgan fingerprint density at radius 3 is 2.48 bits per heavy atom. The van der Waals surface area contributed by atoms with Crippen LogP contribution in [-0.4, -0.2) is 56.7 Å². The van der Waals surface area contributed by atoms with Crippen LogP contribution in [0.25, 0.3) is 0 Å². The summed E-state index contributed by atoms with van der Waals surface area (Å²) in [6, 6.07) is 8.28. The van der Waals surface area contributed by atoms with Crippen molar-refractivity contribution in [3.8, 4) is 0 Å². The Bertz CT molecular complexity index is 546. The number of aryl methyl sites for hydroxylation is 1. The third kappa shape index (κ3) is 4.79. The van der Waals surface area contributed by atoms with Gasteiger partial charge in [0, 0.05) is 31.5 Å². The molecule has 1 aliphatic rings. The summed E-state index contributed by atoms with van der Waals surface area (Å²) in [4.78, 5) is 20.2. The van der Waals surface area contributed by atoms with Crippen LogP contribution < -0.4 is 4.90 Å². The highest BCUT2D eigenvalue weighted by Gasteiger charge is 2.26. The number of hydrogen-bond donors (Lipinski definition) is 1. The summed E-state index contributed by atoms with van der Waals surface area (Å²) in [7, 11) is 4.19. The highest BCUT2D eigenvalue weighted by molar-refractivity contribution is 6.01. The molecule has 1 aliphatic heterocycles. The smallest absolute Gasteiger partial charge is 0.295 e. The molecule has 1 saturated heterocycles. The zero-order valence-electron chi connectivity index (χ0n) is 14.6. The maximum absolute atomic E-state index is 12.4. The molecule has 0 unspecified atom stereocenters. The molecule has 23 heavy (non-hydrogen) atoms. The molecule has 0 saturated carbocycles. The SMILES string of the molecule is CCOC(=NC(=O)c1ccc(C)cc1)N(C)C1CC[NH+](C)CC1. The molecule has 0 aliphatic carbocycles. The monoisotopic (exact) mass is 318 g/mol. The molecule has 0 bridgehead atoms. The predicted octanol–water partition coefficient (Wildman–Crippen LogP) is 1.14. The van der Waals surface area contributed by atoms with Crippen molar-refractivity contribution in [3.05, 3.63) is 35.4 Å². The number of aliphatic imine (C=N–C) groups is 1. The van der Waals surface area contributed by atoms with Crippen LogP contribution >= 0.6 is 0 Å². The lowest BCUT2D eigenvalue weighted by Gasteiger charge is -2.34. The molecule has 0 aromatic heterocycles. The molecular weight excluding hydrogens is 290 g/mol. The number of ether oxygens (including phenoxy) is 1.